The van der Waals surface area contributed by atoms with Crippen LogP contribution in [-0.4, -0.2) is 18.0 Å². The zero-order chi connectivity index (χ0) is 36.3. The van der Waals surface area contributed by atoms with Crippen LogP contribution in [0.25, 0.3) is 44.5 Å². The summed E-state index contributed by atoms with van der Waals surface area (Å²) in [5.41, 5.74) is 8.34. The van der Waals surface area contributed by atoms with Crippen molar-refractivity contribution < 1.29 is 31.7 Å². The summed E-state index contributed by atoms with van der Waals surface area (Å²) >= 11 is 0. The zero-order valence-corrected chi connectivity index (χ0v) is 32.0. The Hall–Kier alpha value is -5.00. The Balaban J connectivity index is 0.000000226. The maximum atomic E-state index is 12.8. The van der Waals surface area contributed by atoms with Crippen molar-refractivity contribution in [1.82, 2.24) is 9.97 Å². The Kier molecular flexibility index (Phi) is 10.3. The van der Waals surface area contributed by atoms with E-state index in [0.717, 1.165) is 39.7 Å². The number of hydrogen-bond donors (Lipinski definition) is 0. The van der Waals surface area contributed by atoms with E-state index in [9.17, 15) is 4.39 Å². The van der Waals surface area contributed by atoms with Crippen molar-refractivity contribution in [2.75, 3.05) is 0 Å². The fourth-order valence-electron chi connectivity index (χ4n) is 5.81. The molecule has 0 aliphatic rings. The number of halogens is 1. The van der Waals surface area contributed by atoms with Crippen LogP contribution in [0.4, 0.5) is 4.39 Å². The standard InChI is InChI=1S/C31H22NO.C14H15FNSi.Ir/c1-3-8-22(9-4-1)18-24-14-15-30-28(20-24)26-12-7-13-27(31(26)33-30)29-21-25(16-17-32-29)19-23-10-5-2-6-11-23;1-17(2,3)13-8-9-14(16-10-13)11-4-6-12(15)7-5-11;/h1-12,14-17,20-21H,18-19H2;4,6-10H,1-3H3;/q2*-1;/i18D2;;. The molecule has 3 nitrogen and oxygen atoms in total. The molecule has 0 fully saturated rings. The van der Waals surface area contributed by atoms with Crippen LogP contribution >= 0.6 is 0 Å². The molecule has 51 heavy (non-hydrogen) atoms. The first-order chi connectivity index (χ1) is 25.1. The molecule has 0 aliphatic heterocycles. The van der Waals surface area contributed by atoms with Crippen molar-refractivity contribution >= 4 is 35.2 Å². The Bertz CT molecular complexity index is 2450. The Morgan fingerprint density at radius 3 is 2.16 bits per heavy atom. The summed E-state index contributed by atoms with van der Waals surface area (Å²) in [5, 5.41) is 3.13. The van der Waals surface area contributed by atoms with Gasteiger partial charge in [0, 0.05) is 46.4 Å². The Morgan fingerprint density at radius 1 is 0.706 bits per heavy atom. The molecule has 0 N–H and O–H groups in total. The molecular weight excluding hydrogens is 824 g/mol. The van der Waals surface area contributed by atoms with E-state index in [1.807, 2.05) is 85.2 Å². The van der Waals surface area contributed by atoms with E-state index in [1.54, 1.807) is 12.1 Å². The van der Waals surface area contributed by atoms with E-state index in [4.69, 9.17) is 7.16 Å². The van der Waals surface area contributed by atoms with Gasteiger partial charge in [-0.05, 0) is 69.8 Å². The topological polar surface area (TPSA) is 38.9 Å². The van der Waals surface area contributed by atoms with Crippen molar-refractivity contribution in [3.8, 4) is 22.5 Å². The summed E-state index contributed by atoms with van der Waals surface area (Å²) < 4.78 is 36.6. The molecule has 8 rings (SSSR count). The first kappa shape index (κ1) is 33.2. The normalized spacial score (nSPS) is 12.0. The van der Waals surface area contributed by atoms with Gasteiger partial charge in [-0.2, -0.15) is 0 Å². The number of rotatable bonds is 7. The molecule has 5 aromatic carbocycles. The van der Waals surface area contributed by atoms with Gasteiger partial charge in [0.15, 0.2) is 0 Å². The number of fused-ring (bicyclic) bond motifs is 3. The van der Waals surface area contributed by atoms with E-state index >= 15 is 0 Å². The third-order valence-corrected chi connectivity index (χ3v) is 10.5. The number of nitrogens with zero attached hydrogens (tertiary/aromatic N) is 2. The third-order valence-electron chi connectivity index (χ3n) is 8.51. The van der Waals surface area contributed by atoms with E-state index < -0.39 is 14.4 Å². The van der Waals surface area contributed by atoms with E-state index in [1.165, 1.54) is 28.4 Å². The predicted octanol–water partition coefficient (Wildman–Crippen LogP) is 10.9. The molecule has 6 heteroatoms. The van der Waals surface area contributed by atoms with Gasteiger partial charge in [0.25, 0.3) is 0 Å². The predicted molar refractivity (Wildman–Crippen MR) is 206 cm³/mol. The largest absolute Gasteiger partial charge is 0.501 e. The Labute approximate surface area is 316 Å². The van der Waals surface area contributed by atoms with Gasteiger partial charge in [0.05, 0.1) is 13.7 Å². The van der Waals surface area contributed by atoms with Crippen LogP contribution in [0.5, 0.6) is 0 Å². The molecule has 0 saturated heterocycles. The van der Waals surface area contributed by atoms with E-state index in [2.05, 4.69) is 78.1 Å². The molecule has 0 aliphatic carbocycles. The second-order valence-corrected chi connectivity index (χ2v) is 18.3. The van der Waals surface area contributed by atoms with Crippen LogP contribution in [0.2, 0.25) is 19.6 Å². The van der Waals surface area contributed by atoms with Crippen molar-refractivity contribution in [2.45, 2.75) is 32.4 Å². The molecule has 0 atom stereocenters. The fourth-order valence-corrected chi connectivity index (χ4v) is 6.85. The summed E-state index contributed by atoms with van der Waals surface area (Å²) in [5.74, 6) is -0.271. The molecule has 3 heterocycles. The van der Waals surface area contributed by atoms with Gasteiger partial charge >= 0.3 is 0 Å². The van der Waals surface area contributed by atoms with Gasteiger partial charge < -0.3 is 14.4 Å². The summed E-state index contributed by atoms with van der Waals surface area (Å²) in [4.78, 5) is 9.04. The van der Waals surface area contributed by atoms with E-state index in [0.29, 0.717) is 22.3 Å². The Morgan fingerprint density at radius 2 is 1.47 bits per heavy atom. The first-order valence-electron chi connectivity index (χ1n) is 17.6. The summed E-state index contributed by atoms with van der Waals surface area (Å²) in [6.07, 6.45) is 2.97. The van der Waals surface area contributed by atoms with Crippen molar-refractivity contribution in [3.63, 3.8) is 0 Å². The van der Waals surface area contributed by atoms with Crippen LogP contribution in [0.1, 0.15) is 25.0 Å². The average molecular weight is 863 g/mol. The maximum Gasteiger partial charge on any atom is 0.120 e. The van der Waals surface area contributed by atoms with Gasteiger partial charge in [0.1, 0.15) is 5.58 Å². The fraction of sp³-hybridized carbons (Fsp3) is 0.111. The molecule has 0 spiro atoms. The first-order valence-corrected chi connectivity index (χ1v) is 20.1. The summed E-state index contributed by atoms with van der Waals surface area (Å²) in [7, 11) is -1.30. The van der Waals surface area contributed by atoms with E-state index in [-0.39, 0.29) is 25.9 Å². The monoisotopic (exact) mass is 863 g/mol. The van der Waals surface area contributed by atoms with Crippen LogP contribution in [0.15, 0.2) is 150 Å². The summed E-state index contributed by atoms with van der Waals surface area (Å²) in [6.45, 7) is 6.86. The number of furan rings is 1. The van der Waals surface area contributed by atoms with Crippen molar-refractivity contribution in [2.24, 2.45) is 0 Å². The minimum atomic E-state index is -1.61. The molecule has 0 unspecified atom stereocenters. The number of aromatic nitrogens is 2. The van der Waals surface area contributed by atoms with Gasteiger partial charge in [0.2, 0.25) is 0 Å². The molecule has 1 radical (unpaired) electrons. The zero-order valence-electron chi connectivity index (χ0n) is 30.6. The van der Waals surface area contributed by atoms with Crippen LogP contribution in [0, 0.1) is 17.9 Å². The third kappa shape index (κ3) is 8.66. The average Bonchev–Trinajstić information content (AvgIpc) is 3.54. The molecule has 8 aromatic rings. The quantitative estimate of drug-likeness (QED) is 0.118. The second-order valence-electron chi connectivity index (χ2n) is 13.2. The van der Waals surface area contributed by atoms with Crippen molar-refractivity contribution in [1.29, 1.82) is 0 Å². The van der Waals surface area contributed by atoms with Gasteiger partial charge in [-0.15, -0.1) is 48.0 Å². The molecular formula is C45H37FIrN2OSi-2. The molecule has 0 bridgehead atoms. The molecule has 3 aromatic heterocycles. The van der Waals surface area contributed by atoms with Crippen LogP contribution in [-0.2, 0) is 32.9 Å². The number of pyridine rings is 2. The van der Waals surface area contributed by atoms with Crippen LogP contribution < -0.4 is 5.19 Å². The smallest absolute Gasteiger partial charge is 0.120 e. The van der Waals surface area contributed by atoms with Gasteiger partial charge in [-0.1, -0.05) is 116 Å². The second kappa shape index (κ2) is 15.9. The minimum absolute atomic E-state index is 0. The SMILES string of the molecule is C[Si](C)(C)c1ccc(-c2[c-]cc(F)cc2)nc1.[2H]C([2H])(c1ccccc1)c1ccc2oc3c(-c4cc(Cc5ccccc5)ccn4)[c-]ccc3c2c1.[Ir]. The van der Waals surface area contributed by atoms with Gasteiger partial charge in [-0.3, -0.25) is 4.39 Å². The minimum Gasteiger partial charge on any atom is -0.501 e. The summed E-state index contributed by atoms with van der Waals surface area (Å²) in [6, 6.07) is 47.9. The van der Waals surface area contributed by atoms with Gasteiger partial charge in [-0.25, -0.2) is 0 Å². The molecule has 0 saturated carbocycles. The maximum absolute atomic E-state index is 12.8. The van der Waals surface area contributed by atoms with Crippen molar-refractivity contribution in [3.05, 3.63) is 186 Å². The van der Waals surface area contributed by atoms with Crippen LogP contribution in [0.3, 0.4) is 0 Å². The molecule has 0 amide bonds. The molecule has 255 valence electrons. The number of benzene rings is 5. The number of hydrogen-bond acceptors (Lipinski definition) is 3.